The summed E-state index contributed by atoms with van der Waals surface area (Å²) >= 11 is 0. The molecule has 0 spiro atoms. The number of imidazole rings is 1. The quantitative estimate of drug-likeness (QED) is 0.309. The number of nitrogen functional groups attached to an aromatic ring is 1. The Hall–Kier alpha value is -4.92. The highest BCUT2D eigenvalue weighted by atomic mass is 16.6. The number of nitrogens with zero attached hydrogens (tertiary/aromatic N) is 5. The smallest absolute Gasteiger partial charge is 0.407 e. The number of carbonyl (C=O) groups is 1. The van der Waals surface area contributed by atoms with Crippen LogP contribution in [0.3, 0.4) is 0 Å². The van der Waals surface area contributed by atoms with E-state index in [-0.39, 0.29) is 12.1 Å². The minimum Gasteiger partial charge on any atom is -0.444 e. The van der Waals surface area contributed by atoms with E-state index in [9.17, 15) is 4.79 Å². The second-order valence-electron chi connectivity index (χ2n) is 10.9. The van der Waals surface area contributed by atoms with Crippen LogP contribution in [0.1, 0.15) is 20.8 Å². The van der Waals surface area contributed by atoms with Gasteiger partial charge in [0.05, 0.1) is 17.3 Å². The summed E-state index contributed by atoms with van der Waals surface area (Å²) in [4.78, 5) is 28.5. The maximum absolute atomic E-state index is 12.1. The maximum atomic E-state index is 12.1. The van der Waals surface area contributed by atoms with Crippen LogP contribution in [0.15, 0.2) is 85.1 Å². The number of alkyl carbamates (subject to hydrolysis) is 1. The van der Waals surface area contributed by atoms with Gasteiger partial charge in [0.25, 0.3) is 0 Å². The lowest BCUT2D eigenvalue weighted by atomic mass is 10.1. The Bertz CT molecular complexity index is 1670. The lowest BCUT2D eigenvalue weighted by Gasteiger charge is -2.41. The molecule has 4 heterocycles. The van der Waals surface area contributed by atoms with Crippen LogP contribution in [0.5, 0.6) is 0 Å². The molecular formula is C31H31N7O2. The Balaban J connectivity index is 1.31. The van der Waals surface area contributed by atoms with Gasteiger partial charge in [-0.3, -0.25) is 4.57 Å². The van der Waals surface area contributed by atoms with E-state index < -0.39 is 5.60 Å². The molecule has 6 rings (SSSR count). The average molecular weight is 534 g/mol. The molecule has 9 heteroatoms. The topological polar surface area (TPSA) is 111 Å². The maximum Gasteiger partial charge on any atom is 0.407 e. The van der Waals surface area contributed by atoms with Gasteiger partial charge in [-0.15, -0.1) is 0 Å². The normalized spacial score (nSPS) is 13.7. The zero-order chi connectivity index (χ0) is 27.9. The van der Waals surface area contributed by atoms with Crippen LogP contribution in [-0.4, -0.2) is 50.3 Å². The first kappa shape index (κ1) is 25.4. The standard InChI is InChI=1S/C31H31N7O2/c1-31(2,3)40-30(39)34-21-18-37(19-21)22-11-13-23(14-12-22)38-28(24-10-7-17-33-27(24)32)36-26-16-15-25(35-29(26)38)20-8-5-4-6-9-20/h4-17,21H,18-19H2,1-3H3,(H2,32,33)(H,34,39). The molecular weight excluding hydrogens is 502 g/mol. The van der Waals surface area contributed by atoms with Crippen LogP contribution >= 0.6 is 0 Å². The van der Waals surface area contributed by atoms with E-state index in [0.717, 1.165) is 39.4 Å². The summed E-state index contributed by atoms with van der Waals surface area (Å²) in [5.41, 5.74) is 11.9. The van der Waals surface area contributed by atoms with Gasteiger partial charge in [-0.25, -0.2) is 19.7 Å². The third-order valence-corrected chi connectivity index (χ3v) is 6.73. The summed E-state index contributed by atoms with van der Waals surface area (Å²) < 4.78 is 7.40. The molecule has 5 aromatic rings. The summed E-state index contributed by atoms with van der Waals surface area (Å²) in [6.45, 7) is 7.00. The molecule has 1 saturated heterocycles. The lowest BCUT2D eigenvalue weighted by molar-refractivity contribution is 0.0496. The van der Waals surface area contributed by atoms with Gasteiger partial charge in [0.2, 0.25) is 0 Å². The van der Waals surface area contributed by atoms with Crippen LogP contribution in [0, 0.1) is 0 Å². The Labute approximate surface area is 232 Å². The van der Waals surface area contributed by atoms with Crippen LogP contribution in [0.2, 0.25) is 0 Å². The number of nitrogens with one attached hydrogen (secondary N) is 1. The van der Waals surface area contributed by atoms with Crippen molar-refractivity contribution in [2.24, 2.45) is 0 Å². The molecule has 40 heavy (non-hydrogen) atoms. The molecule has 1 aliphatic heterocycles. The molecule has 202 valence electrons. The SMILES string of the molecule is CC(C)(C)OC(=O)NC1CN(c2ccc(-n3c(-c4cccnc4N)nc4ccc(-c5ccccc5)nc43)cc2)C1. The first-order valence-electron chi connectivity index (χ1n) is 13.3. The van der Waals surface area contributed by atoms with Crippen molar-refractivity contribution in [1.29, 1.82) is 0 Å². The number of anilines is 2. The zero-order valence-electron chi connectivity index (χ0n) is 22.7. The van der Waals surface area contributed by atoms with Gasteiger partial charge in [-0.05, 0) is 69.3 Å². The highest BCUT2D eigenvalue weighted by Gasteiger charge is 2.30. The minimum atomic E-state index is -0.517. The van der Waals surface area contributed by atoms with E-state index in [0.29, 0.717) is 24.7 Å². The van der Waals surface area contributed by atoms with Gasteiger partial charge < -0.3 is 20.7 Å². The Kier molecular flexibility index (Phi) is 6.34. The number of rotatable bonds is 5. The first-order valence-corrected chi connectivity index (χ1v) is 13.3. The van der Waals surface area contributed by atoms with Crippen molar-refractivity contribution < 1.29 is 9.53 Å². The molecule has 0 aliphatic carbocycles. The molecule has 2 aromatic carbocycles. The predicted molar refractivity (Wildman–Crippen MR) is 157 cm³/mol. The van der Waals surface area contributed by atoms with Crippen molar-refractivity contribution in [3.8, 4) is 28.3 Å². The van der Waals surface area contributed by atoms with Gasteiger partial charge >= 0.3 is 6.09 Å². The predicted octanol–water partition coefficient (Wildman–Crippen LogP) is 5.45. The summed E-state index contributed by atoms with van der Waals surface area (Å²) in [5.74, 6) is 1.08. The molecule has 0 radical (unpaired) electrons. The van der Waals surface area contributed by atoms with Crippen LogP contribution in [0.25, 0.3) is 39.5 Å². The minimum absolute atomic E-state index is 0.0490. The first-order chi connectivity index (χ1) is 19.2. The Morgan fingerprint density at radius 1 is 0.925 bits per heavy atom. The second-order valence-corrected chi connectivity index (χ2v) is 10.9. The third-order valence-electron chi connectivity index (χ3n) is 6.73. The molecule has 1 amide bonds. The van der Waals surface area contributed by atoms with E-state index in [1.54, 1.807) is 6.20 Å². The number of hydrogen-bond acceptors (Lipinski definition) is 7. The number of pyridine rings is 2. The zero-order valence-corrected chi connectivity index (χ0v) is 22.7. The van der Waals surface area contributed by atoms with Crippen molar-refractivity contribution in [3.63, 3.8) is 0 Å². The second kappa shape index (κ2) is 10.00. The van der Waals surface area contributed by atoms with Gasteiger partial charge in [0.1, 0.15) is 16.9 Å². The molecule has 0 bridgehead atoms. The summed E-state index contributed by atoms with van der Waals surface area (Å²) in [7, 11) is 0. The Morgan fingerprint density at radius 3 is 2.35 bits per heavy atom. The lowest BCUT2D eigenvalue weighted by Crippen LogP contribution is -2.60. The van der Waals surface area contributed by atoms with E-state index in [1.165, 1.54) is 0 Å². The summed E-state index contributed by atoms with van der Waals surface area (Å²) in [6.07, 6.45) is 1.29. The van der Waals surface area contributed by atoms with Crippen LogP contribution < -0.4 is 16.0 Å². The number of nitrogens with two attached hydrogens (primary N) is 1. The van der Waals surface area contributed by atoms with Crippen molar-refractivity contribution in [3.05, 3.63) is 85.1 Å². The number of amides is 1. The van der Waals surface area contributed by atoms with Crippen molar-refractivity contribution in [2.75, 3.05) is 23.7 Å². The third kappa shape index (κ3) is 5.05. The fraction of sp³-hybridized carbons (Fsp3) is 0.226. The van der Waals surface area contributed by atoms with Crippen molar-refractivity contribution >= 4 is 28.8 Å². The van der Waals surface area contributed by atoms with Crippen LogP contribution in [-0.2, 0) is 4.74 Å². The highest BCUT2D eigenvalue weighted by Crippen LogP contribution is 2.32. The van der Waals surface area contributed by atoms with Gasteiger partial charge in [0.15, 0.2) is 11.5 Å². The number of carbonyl (C=O) groups excluding carboxylic acids is 1. The van der Waals surface area contributed by atoms with Gasteiger partial charge in [-0.1, -0.05) is 30.3 Å². The molecule has 0 unspecified atom stereocenters. The number of hydrogen-bond donors (Lipinski definition) is 2. The fourth-order valence-corrected chi connectivity index (χ4v) is 4.83. The fourth-order valence-electron chi connectivity index (χ4n) is 4.83. The highest BCUT2D eigenvalue weighted by molar-refractivity contribution is 5.84. The largest absolute Gasteiger partial charge is 0.444 e. The molecule has 3 aromatic heterocycles. The van der Waals surface area contributed by atoms with E-state index in [2.05, 4.69) is 39.5 Å². The Morgan fingerprint density at radius 2 is 1.65 bits per heavy atom. The van der Waals surface area contributed by atoms with E-state index >= 15 is 0 Å². The number of aromatic nitrogens is 4. The number of ether oxygens (including phenoxy) is 1. The molecule has 0 atom stereocenters. The molecule has 0 saturated carbocycles. The van der Waals surface area contributed by atoms with Crippen molar-refractivity contribution in [1.82, 2.24) is 24.8 Å². The van der Waals surface area contributed by atoms with E-state index in [4.69, 9.17) is 20.4 Å². The average Bonchev–Trinajstić information content (AvgIpc) is 3.29. The molecule has 9 nitrogen and oxygen atoms in total. The molecule has 1 fully saturated rings. The summed E-state index contributed by atoms with van der Waals surface area (Å²) in [6, 6.07) is 26.1. The van der Waals surface area contributed by atoms with Crippen LogP contribution in [0.4, 0.5) is 16.3 Å². The molecule has 1 aliphatic rings. The monoisotopic (exact) mass is 533 g/mol. The number of fused-ring (bicyclic) bond motifs is 1. The summed E-state index contributed by atoms with van der Waals surface area (Å²) in [5, 5.41) is 2.93. The number of benzene rings is 2. The van der Waals surface area contributed by atoms with E-state index in [1.807, 2.05) is 79.9 Å². The van der Waals surface area contributed by atoms with Gasteiger partial charge in [-0.2, -0.15) is 0 Å². The molecule has 3 N–H and O–H groups in total. The van der Waals surface area contributed by atoms with Crippen molar-refractivity contribution in [2.45, 2.75) is 32.4 Å². The van der Waals surface area contributed by atoms with Gasteiger partial charge in [0, 0.05) is 36.2 Å².